The van der Waals surface area contributed by atoms with Crippen LogP contribution in [0.5, 0.6) is 0 Å². The topological polar surface area (TPSA) is 29.5 Å². The van der Waals surface area contributed by atoms with Crippen LogP contribution in [0.3, 0.4) is 0 Å². The predicted molar refractivity (Wildman–Crippen MR) is 69.7 cm³/mol. The fourth-order valence-corrected chi connectivity index (χ4v) is 1.90. The molecule has 0 heterocycles. The van der Waals surface area contributed by atoms with Gasteiger partial charge in [0, 0.05) is 7.11 Å². The molecule has 0 fully saturated rings. The van der Waals surface area contributed by atoms with Crippen LogP contribution in [0.2, 0.25) is 0 Å². The van der Waals surface area contributed by atoms with E-state index in [1.807, 2.05) is 13.8 Å². The molecule has 2 atom stereocenters. The van der Waals surface area contributed by atoms with E-state index in [2.05, 4.69) is 6.92 Å². The third-order valence-electron chi connectivity index (χ3n) is 3.52. The van der Waals surface area contributed by atoms with Crippen molar-refractivity contribution in [2.45, 2.75) is 83.8 Å². The Morgan fingerprint density at radius 2 is 1.56 bits per heavy atom. The molecule has 0 bridgehead atoms. The number of aliphatic hydroxyl groups is 1. The third kappa shape index (κ3) is 7.24. The van der Waals surface area contributed by atoms with Crippen LogP contribution < -0.4 is 0 Å². The van der Waals surface area contributed by atoms with Gasteiger partial charge in [-0.2, -0.15) is 0 Å². The quantitative estimate of drug-likeness (QED) is 0.576. The summed E-state index contributed by atoms with van der Waals surface area (Å²) in [7, 11) is 1.66. The van der Waals surface area contributed by atoms with E-state index in [4.69, 9.17) is 4.74 Å². The number of unbranched alkanes of at least 4 members (excludes halogenated alkanes) is 6. The summed E-state index contributed by atoms with van der Waals surface area (Å²) in [5.41, 5.74) is -0.668. The maximum Gasteiger partial charge on any atom is 0.0877 e. The summed E-state index contributed by atoms with van der Waals surface area (Å²) in [5.74, 6) is 0. The molecule has 2 unspecified atom stereocenters. The van der Waals surface area contributed by atoms with Crippen molar-refractivity contribution in [3.8, 4) is 0 Å². The lowest BCUT2D eigenvalue weighted by Gasteiger charge is -2.29. The van der Waals surface area contributed by atoms with Crippen molar-refractivity contribution in [3.05, 3.63) is 0 Å². The molecule has 0 aromatic carbocycles. The van der Waals surface area contributed by atoms with E-state index >= 15 is 0 Å². The summed E-state index contributed by atoms with van der Waals surface area (Å²) in [6, 6.07) is 0. The third-order valence-corrected chi connectivity index (χ3v) is 3.52. The average molecular weight is 230 g/mol. The molecule has 0 aliphatic rings. The first-order chi connectivity index (χ1) is 7.54. The van der Waals surface area contributed by atoms with Crippen molar-refractivity contribution < 1.29 is 9.84 Å². The van der Waals surface area contributed by atoms with E-state index in [0.717, 1.165) is 12.8 Å². The molecular formula is C14H30O2. The van der Waals surface area contributed by atoms with Crippen molar-refractivity contribution >= 4 is 0 Å². The van der Waals surface area contributed by atoms with Crippen LogP contribution in [0.25, 0.3) is 0 Å². The first-order valence-electron chi connectivity index (χ1n) is 6.79. The predicted octanol–water partition coefficient (Wildman–Crippen LogP) is 3.91. The SMILES string of the molecule is CCCCCCCCCC(C)(O)C(C)OC. The molecule has 16 heavy (non-hydrogen) atoms. The zero-order valence-electron chi connectivity index (χ0n) is 11.6. The molecule has 0 radical (unpaired) electrons. The van der Waals surface area contributed by atoms with E-state index in [1.54, 1.807) is 7.11 Å². The van der Waals surface area contributed by atoms with Crippen LogP contribution in [0.15, 0.2) is 0 Å². The number of hydrogen-bond acceptors (Lipinski definition) is 2. The highest BCUT2D eigenvalue weighted by Crippen LogP contribution is 2.21. The molecule has 98 valence electrons. The number of methoxy groups -OCH3 is 1. The van der Waals surface area contributed by atoms with Crippen LogP contribution >= 0.6 is 0 Å². The fraction of sp³-hybridized carbons (Fsp3) is 1.00. The number of rotatable bonds is 10. The summed E-state index contributed by atoms with van der Waals surface area (Å²) in [6.07, 6.45) is 9.78. The number of ether oxygens (including phenoxy) is 1. The van der Waals surface area contributed by atoms with Gasteiger partial charge < -0.3 is 9.84 Å². The largest absolute Gasteiger partial charge is 0.387 e. The van der Waals surface area contributed by atoms with Gasteiger partial charge in [-0.15, -0.1) is 0 Å². The second kappa shape index (κ2) is 9.00. The minimum Gasteiger partial charge on any atom is -0.387 e. The van der Waals surface area contributed by atoms with Gasteiger partial charge in [0.25, 0.3) is 0 Å². The van der Waals surface area contributed by atoms with E-state index in [-0.39, 0.29) is 6.10 Å². The lowest BCUT2D eigenvalue weighted by atomic mass is 9.93. The zero-order chi connectivity index (χ0) is 12.4. The van der Waals surface area contributed by atoms with Gasteiger partial charge in [-0.1, -0.05) is 51.9 Å². The van der Waals surface area contributed by atoms with Gasteiger partial charge in [0.15, 0.2) is 0 Å². The fourth-order valence-electron chi connectivity index (χ4n) is 1.90. The molecule has 0 aromatic rings. The molecule has 0 saturated carbocycles. The Morgan fingerprint density at radius 1 is 1.06 bits per heavy atom. The molecule has 2 heteroatoms. The number of hydrogen-bond donors (Lipinski definition) is 1. The molecule has 0 spiro atoms. The molecule has 0 amide bonds. The Balaban J connectivity index is 3.43. The second-order valence-electron chi connectivity index (χ2n) is 5.11. The maximum absolute atomic E-state index is 10.1. The van der Waals surface area contributed by atoms with Gasteiger partial charge >= 0.3 is 0 Å². The molecule has 0 saturated heterocycles. The van der Waals surface area contributed by atoms with Crippen LogP contribution in [0.1, 0.15) is 72.1 Å². The standard InChI is InChI=1S/C14H30O2/c1-5-6-7-8-9-10-11-12-14(3,15)13(2)16-4/h13,15H,5-12H2,1-4H3. The van der Waals surface area contributed by atoms with Crippen molar-refractivity contribution in [2.24, 2.45) is 0 Å². The molecule has 0 aliphatic heterocycles. The monoisotopic (exact) mass is 230 g/mol. The molecule has 0 rings (SSSR count). The highest BCUT2D eigenvalue weighted by atomic mass is 16.5. The first kappa shape index (κ1) is 15.9. The Morgan fingerprint density at radius 3 is 2.06 bits per heavy atom. The van der Waals surface area contributed by atoms with Crippen LogP contribution in [-0.2, 0) is 4.74 Å². The van der Waals surface area contributed by atoms with Gasteiger partial charge in [-0.05, 0) is 20.3 Å². The second-order valence-corrected chi connectivity index (χ2v) is 5.11. The Labute approximate surface area is 101 Å². The van der Waals surface area contributed by atoms with Gasteiger partial charge in [0.05, 0.1) is 11.7 Å². The molecule has 0 aromatic heterocycles. The summed E-state index contributed by atoms with van der Waals surface area (Å²) in [6.45, 7) is 6.04. The van der Waals surface area contributed by atoms with Crippen molar-refractivity contribution in [1.29, 1.82) is 0 Å². The summed E-state index contributed by atoms with van der Waals surface area (Å²) >= 11 is 0. The van der Waals surface area contributed by atoms with Gasteiger partial charge in [-0.25, -0.2) is 0 Å². The normalized spacial score (nSPS) is 17.1. The highest BCUT2D eigenvalue weighted by molar-refractivity contribution is 4.79. The summed E-state index contributed by atoms with van der Waals surface area (Å²) in [4.78, 5) is 0. The average Bonchev–Trinajstić information content (AvgIpc) is 2.26. The van der Waals surface area contributed by atoms with Crippen LogP contribution in [0.4, 0.5) is 0 Å². The van der Waals surface area contributed by atoms with E-state index in [9.17, 15) is 5.11 Å². The zero-order valence-corrected chi connectivity index (χ0v) is 11.6. The minimum atomic E-state index is -0.668. The Kier molecular flexibility index (Phi) is 8.96. The molecule has 0 aliphatic carbocycles. The summed E-state index contributed by atoms with van der Waals surface area (Å²) in [5, 5.41) is 10.1. The minimum absolute atomic E-state index is 0.0763. The smallest absolute Gasteiger partial charge is 0.0877 e. The Hall–Kier alpha value is -0.0800. The van der Waals surface area contributed by atoms with Gasteiger partial charge in [-0.3, -0.25) is 0 Å². The van der Waals surface area contributed by atoms with Crippen molar-refractivity contribution in [2.75, 3.05) is 7.11 Å². The molecule has 1 N–H and O–H groups in total. The van der Waals surface area contributed by atoms with Crippen molar-refractivity contribution in [1.82, 2.24) is 0 Å². The van der Waals surface area contributed by atoms with E-state index in [0.29, 0.717) is 0 Å². The van der Waals surface area contributed by atoms with E-state index < -0.39 is 5.60 Å². The van der Waals surface area contributed by atoms with E-state index in [1.165, 1.54) is 38.5 Å². The van der Waals surface area contributed by atoms with Crippen LogP contribution in [0, 0.1) is 0 Å². The maximum atomic E-state index is 10.1. The van der Waals surface area contributed by atoms with Crippen LogP contribution in [-0.4, -0.2) is 23.9 Å². The van der Waals surface area contributed by atoms with Gasteiger partial charge in [0.1, 0.15) is 0 Å². The summed E-state index contributed by atoms with van der Waals surface area (Å²) < 4.78 is 5.18. The first-order valence-corrected chi connectivity index (χ1v) is 6.79. The highest BCUT2D eigenvalue weighted by Gasteiger charge is 2.27. The van der Waals surface area contributed by atoms with Crippen molar-refractivity contribution in [3.63, 3.8) is 0 Å². The molecular weight excluding hydrogens is 200 g/mol. The lowest BCUT2D eigenvalue weighted by molar-refractivity contribution is -0.0780. The van der Waals surface area contributed by atoms with Gasteiger partial charge in [0.2, 0.25) is 0 Å². The lowest BCUT2D eigenvalue weighted by Crippen LogP contribution is -2.38. The Bertz CT molecular complexity index is 155. The molecule has 2 nitrogen and oxygen atoms in total.